The van der Waals surface area contributed by atoms with Crippen molar-refractivity contribution in [3.05, 3.63) is 81.0 Å². The Kier molecular flexibility index (Phi) is 17.6. The van der Waals surface area contributed by atoms with E-state index < -0.39 is 24.4 Å². The maximum atomic E-state index is 13.1. The van der Waals surface area contributed by atoms with Crippen molar-refractivity contribution in [1.29, 1.82) is 0 Å². The van der Waals surface area contributed by atoms with Gasteiger partial charge in [-0.3, -0.25) is 9.80 Å². The summed E-state index contributed by atoms with van der Waals surface area (Å²) in [4.78, 5) is 29.8. The second-order valence-electron chi connectivity index (χ2n) is 12.0. The highest BCUT2D eigenvalue weighted by Gasteiger charge is 2.29. The van der Waals surface area contributed by atoms with E-state index in [9.17, 15) is 9.59 Å². The van der Waals surface area contributed by atoms with Gasteiger partial charge >= 0.3 is 11.9 Å². The smallest absolute Gasteiger partial charge is 0.419 e. The minimum Gasteiger partial charge on any atom is -0.477 e. The predicted molar refractivity (Wildman–Crippen MR) is 205 cm³/mol. The van der Waals surface area contributed by atoms with Gasteiger partial charge in [0, 0.05) is 64.7 Å². The third-order valence-corrected chi connectivity index (χ3v) is 9.57. The number of likely N-dealkylation sites (N-methyl/N-ethyl adjacent to an activating group) is 2. The lowest BCUT2D eigenvalue weighted by molar-refractivity contribution is -0.185. The molecular formula is C36H44Cl4N6O8. The highest BCUT2D eigenvalue weighted by atomic mass is 35.5. The van der Waals surface area contributed by atoms with Gasteiger partial charge in [-0.1, -0.05) is 46.4 Å². The molecule has 0 aliphatic heterocycles. The zero-order valence-electron chi connectivity index (χ0n) is 30.5. The molecule has 0 fully saturated rings. The highest BCUT2D eigenvalue weighted by molar-refractivity contribution is 6.42. The van der Waals surface area contributed by atoms with E-state index in [1.165, 1.54) is 0 Å². The quantitative estimate of drug-likeness (QED) is 0.0367. The molecule has 0 bridgehead atoms. The molecule has 2 heterocycles. The Balaban J connectivity index is 1.28. The highest BCUT2D eigenvalue weighted by Crippen LogP contribution is 2.26. The molecular weight excluding hydrogens is 786 g/mol. The second-order valence-corrected chi connectivity index (χ2v) is 13.7. The third-order valence-electron chi connectivity index (χ3n) is 8.09. The molecule has 14 nitrogen and oxygen atoms in total. The summed E-state index contributed by atoms with van der Waals surface area (Å²) in [5.74, 6) is -1.42. The van der Waals surface area contributed by atoms with Crippen LogP contribution in [0, 0.1) is 0 Å². The van der Waals surface area contributed by atoms with Gasteiger partial charge in [0.2, 0.25) is 11.8 Å². The van der Waals surface area contributed by atoms with Gasteiger partial charge in [0.15, 0.2) is 12.5 Å². The molecule has 54 heavy (non-hydrogen) atoms. The number of ether oxygens (including phenoxy) is 6. The minimum atomic E-state index is -1.11. The first kappa shape index (κ1) is 43.1. The van der Waals surface area contributed by atoms with Crippen LogP contribution in [0.5, 0.6) is 11.8 Å². The lowest BCUT2D eigenvalue weighted by Gasteiger charge is -2.29. The summed E-state index contributed by atoms with van der Waals surface area (Å²) >= 11 is 24.3. The number of carbonyl (C=O) groups is 2. The van der Waals surface area contributed by atoms with Crippen molar-refractivity contribution in [1.82, 2.24) is 29.4 Å². The Labute approximate surface area is 334 Å². The first-order valence-electron chi connectivity index (χ1n) is 17.1. The van der Waals surface area contributed by atoms with Gasteiger partial charge in [-0.15, -0.1) is 10.2 Å². The largest absolute Gasteiger partial charge is 0.477 e. The standard InChI is InChI=1S/C36H44Cl4N6O8/c1-43(17-21-49-3)33(7-5-19-51-31-13-15-45(41-31)25-9-11-27(37)29(39)23-25)53-35(47)36(48)54-34(44(2)18-22-50-4)8-6-20-52-32-14-16-46(42-32)26-10-12-28(38)30(40)24-26/h9-16,23-24,33-34H,5-8,17-22H2,1-4H3. The lowest BCUT2D eigenvalue weighted by atomic mass is 10.2. The Bertz CT molecular complexity index is 1670. The molecule has 0 aliphatic rings. The summed E-state index contributed by atoms with van der Waals surface area (Å²) in [6.45, 7) is 2.24. The van der Waals surface area contributed by atoms with E-state index in [0.29, 0.717) is 83.8 Å². The number of benzene rings is 2. The van der Waals surface area contributed by atoms with Crippen molar-refractivity contribution in [3.8, 4) is 23.1 Å². The summed E-state index contributed by atoms with van der Waals surface area (Å²) in [7, 11) is 6.70. The molecule has 0 N–H and O–H groups in total. The van der Waals surface area contributed by atoms with Crippen molar-refractivity contribution in [3.63, 3.8) is 0 Å². The van der Waals surface area contributed by atoms with Crippen molar-refractivity contribution in [2.24, 2.45) is 0 Å². The number of halogens is 4. The third kappa shape index (κ3) is 13.3. The maximum absolute atomic E-state index is 13.1. The minimum absolute atomic E-state index is 0.277. The molecule has 0 saturated carbocycles. The van der Waals surface area contributed by atoms with Crippen molar-refractivity contribution >= 4 is 58.3 Å². The molecule has 4 aromatic rings. The predicted octanol–water partition coefficient (Wildman–Crippen LogP) is 6.58. The monoisotopic (exact) mass is 828 g/mol. The van der Waals surface area contributed by atoms with Gasteiger partial charge in [0.05, 0.1) is 57.9 Å². The summed E-state index contributed by atoms with van der Waals surface area (Å²) < 4.78 is 36.7. The number of hydrogen-bond acceptors (Lipinski definition) is 12. The van der Waals surface area contributed by atoms with Gasteiger partial charge < -0.3 is 28.4 Å². The fourth-order valence-corrected chi connectivity index (χ4v) is 5.61. The summed E-state index contributed by atoms with van der Waals surface area (Å²) in [6, 6.07) is 13.8. The van der Waals surface area contributed by atoms with E-state index in [1.807, 2.05) is 0 Å². The van der Waals surface area contributed by atoms with Crippen LogP contribution >= 0.6 is 46.4 Å². The molecule has 4 rings (SSSR count). The molecule has 2 atom stereocenters. The molecule has 294 valence electrons. The van der Waals surface area contributed by atoms with Gasteiger partial charge in [-0.2, -0.15) is 0 Å². The number of aromatic nitrogens is 4. The average Bonchev–Trinajstić information content (AvgIpc) is 3.84. The summed E-state index contributed by atoms with van der Waals surface area (Å²) in [5, 5.41) is 10.6. The SMILES string of the molecule is COCCN(C)C(CCCOc1ccn(-c2ccc(Cl)c(Cl)c2)n1)OC(=O)C(=O)OC(CCCOc1ccn(-c2ccc(Cl)c(Cl)c2)n1)N(C)CCOC. The van der Waals surface area contributed by atoms with E-state index >= 15 is 0 Å². The van der Waals surface area contributed by atoms with Gasteiger partial charge in [0.1, 0.15) is 0 Å². The van der Waals surface area contributed by atoms with Gasteiger partial charge in [0.25, 0.3) is 0 Å². The number of rotatable bonds is 22. The molecule has 2 aromatic heterocycles. The molecule has 2 unspecified atom stereocenters. The number of carbonyl (C=O) groups excluding carboxylic acids is 2. The molecule has 0 aliphatic carbocycles. The fraction of sp³-hybridized carbons (Fsp3) is 0.444. The van der Waals surface area contributed by atoms with Crippen LogP contribution in [0.2, 0.25) is 20.1 Å². The molecule has 0 radical (unpaired) electrons. The molecule has 0 saturated heterocycles. The zero-order chi connectivity index (χ0) is 39.0. The topological polar surface area (TPSA) is 132 Å². The van der Waals surface area contributed by atoms with E-state index in [4.69, 9.17) is 74.8 Å². The normalized spacial score (nSPS) is 12.6. The molecule has 2 aromatic carbocycles. The second kappa shape index (κ2) is 22.1. The molecule has 18 heteroatoms. The Morgan fingerprint density at radius 3 is 1.41 bits per heavy atom. The maximum Gasteiger partial charge on any atom is 0.419 e. The van der Waals surface area contributed by atoms with Crippen LogP contribution in [0.3, 0.4) is 0 Å². The number of nitrogens with zero attached hydrogens (tertiary/aromatic N) is 6. The fourth-order valence-electron chi connectivity index (χ4n) is 5.02. The lowest BCUT2D eigenvalue weighted by Crippen LogP contribution is -2.43. The van der Waals surface area contributed by atoms with Crippen LogP contribution in [0.25, 0.3) is 11.4 Å². The van der Waals surface area contributed by atoms with Crippen LogP contribution < -0.4 is 9.47 Å². The Morgan fingerprint density at radius 2 is 1.04 bits per heavy atom. The van der Waals surface area contributed by atoms with Crippen molar-refractivity contribution in [2.75, 3.05) is 67.8 Å². The number of esters is 2. The Morgan fingerprint density at radius 1 is 0.630 bits per heavy atom. The summed E-state index contributed by atoms with van der Waals surface area (Å²) in [5.41, 5.74) is 1.45. The van der Waals surface area contributed by atoms with Crippen LogP contribution in [-0.2, 0) is 28.5 Å². The first-order valence-corrected chi connectivity index (χ1v) is 18.6. The molecule has 0 amide bonds. The van der Waals surface area contributed by atoms with Crippen LogP contribution in [0.4, 0.5) is 0 Å². The van der Waals surface area contributed by atoms with Crippen LogP contribution in [0.1, 0.15) is 25.7 Å². The average molecular weight is 831 g/mol. The van der Waals surface area contributed by atoms with Crippen LogP contribution in [0.15, 0.2) is 60.9 Å². The number of methoxy groups -OCH3 is 2. The van der Waals surface area contributed by atoms with Crippen molar-refractivity contribution < 1.29 is 38.0 Å². The summed E-state index contributed by atoms with van der Waals surface area (Å²) in [6.07, 6.45) is 3.68. The van der Waals surface area contributed by atoms with Gasteiger partial charge in [-0.05, 0) is 63.3 Å². The molecule has 0 spiro atoms. The van der Waals surface area contributed by atoms with Crippen LogP contribution in [-0.4, -0.2) is 122 Å². The zero-order valence-corrected chi connectivity index (χ0v) is 33.5. The van der Waals surface area contributed by atoms with Crippen molar-refractivity contribution in [2.45, 2.75) is 38.1 Å². The van der Waals surface area contributed by atoms with E-state index in [2.05, 4.69) is 10.2 Å². The number of hydrogen-bond donors (Lipinski definition) is 0. The first-order chi connectivity index (χ1) is 26.0. The van der Waals surface area contributed by atoms with Gasteiger partial charge in [-0.25, -0.2) is 19.0 Å². The van der Waals surface area contributed by atoms with E-state index in [-0.39, 0.29) is 13.2 Å². The van der Waals surface area contributed by atoms with E-state index in [1.54, 1.807) is 108 Å². The Hall–Kier alpha value is -3.60. The van der Waals surface area contributed by atoms with E-state index in [0.717, 1.165) is 11.4 Å².